The molecule has 136 valence electrons. The molecule has 0 aromatic heterocycles. The zero-order chi connectivity index (χ0) is 18.3. The van der Waals surface area contributed by atoms with Crippen LogP contribution in [0.4, 0.5) is 0 Å². The molecular formula is C17H28N2O4S. The van der Waals surface area contributed by atoms with E-state index in [-0.39, 0.29) is 29.0 Å². The van der Waals surface area contributed by atoms with Gasteiger partial charge < -0.3 is 10.1 Å². The van der Waals surface area contributed by atoms with E-state index >= 15 is 0 Å². The van der Waals surface area contributed by atoms with Gasteiger partial charge in [-0.05, 0) is 30.0 Å². The fourth-order valence-electron chi connectivity index (χ4n) is 2.17. The summed E-state index contributed by atoms with van der Waals surface area (Å²) in [6.07, 6.45) is 1.83. The van der Waals surface area contributed by atoms with Gasteiger partial charge in [-0.2, -0.15) is 4.31 Å². The SMILES string of the molecule is CCCCNC(=O)CN(C)S(=O)(=O)c1cc(C(C)C)ccc1OC. The number of likely N-dealkylation sites (N-methyl/N-ethyl adjacent to an activating group) is 1. The highest BCUT2D eigenvalue weighted by Crippen LogP contribution is 2.29. The number of nitrogens with one attached hydrogen (secondary N) is 1. The Hall–Kier alpha value is -1.60. The molecular weight excluding hydrogens is 328 g/mol. The quantitative estimate of drug-likeness (QED) is 0.689. The molecule has 0 atom stereocenters. The van der Waals surface area contributed by atoms with Gasteiger partial charge in [-0.15, -0.1) is 0 Å². The van der Waals surface area contributed by atoms with Crippen LogP contribution in [0, 0.1) is 0 Å². The molecule has 0 heterocycles. The standard InChI is InChI=1S/C17H28N2O4S/c1-6-7-10-18-17(20)12-19(4)24(21,22)16-11-14(13(2)3)8-9-15(16)23-5/h8-9,11,13H,6-7,10,12H2,1-5H3,(H,18,20). The molecule has 0 fully saturated rings. The summed E-state index contributed by atoms with van der Waals surface area (Å²) < 4.78 is 31.9. The summed E-state index contributed by atoms with van der Waals surface area (Å²) >= 11 is 0. The highest BCUT2D eigenvalue weighted by molar-refractivity contribution is 7.89. The summed E-state index contributed by atoms with van der Waals surface area (Å²) in [6.45, 7) is 6.33. The minimum absolute atomic E-state index is 0.0834. The normalized spacial score (nSPS) is 11.8. The Bertz CT molecular complexity index is 657. The molecule has 0 saturated heterocycles. The Morgan fingerprint density at radius 1 is 1.33 bits per heavy atom. The number of methoxy groups -OCH3 is 1. The summed E-state index contributed by atoms with van der Waals surface area (Å²) in [5.74, 6) is 0.152. The second kappa shape index (κ2) is 9.03. The van der Waals surface area contributed by atoms with Crippen LogP contribution in [0.5, 0.6) is 5.75 Å². The molecule has 0 radical (unpaired) electrons. The van der Waals surface area contributed by atoms with E-state index in [1.54, 1.807) is 12.1 Å². The van der Waals surface area contributed by atoms with Crippen molar-refractivity contribution >= 4 is 15.9 Å². The summed E-state index contributed by atoms with van der Waals surface area (Å²) in [6, 6.07) is 5.11. The first-order valence-corrected chi connectivity index (χ1v) is 9.59. The zero-order valence-electron chi connectivity index (χ0n) is 15.1. The van der Waals surface area contributed by atoms with Crippen LogP contribution < -0.4 is 10.1 Å². The molecule has 0 spiro atoms. The topological polar surface area (TPSA) is 75.7 Å². The molecule has 0 bridgehead atoms. The lowest BCUT2D eigenvalue weighted by Crippen LogP contribution is -2.38. The predicted octanol–water partition coefficient (Wildman–Crippen LogP) is 2.36. The van der Waals surface area contributed by atoms with Gasteiger partial charge >= 0.3 is 0 Å². The maximum absolute atomic E-state index is 12.8. The number of rotatable bonds is 9. The van der Waals surface area contributed by atoms with Crippen molar-refractivity contribution in [1.29, 1.82) is 0 Å². The van der Waals surface area contributed by atoms with Crippen molar-refractivity contribution in [3.05, 3.63) is 23.8 Å². The van der Waals surface area contributed by atoms with Gasteiger partial charge in [0, 0.05) is 13.6 Å². The largest absolute Gasteiger partial charge is 0.495 e. The summed E-state index contributed by atoms with van der Waals surface area (Å²) in [5.41, 5.74) is 0.898. The number of nitrogens with zero attached hydrogens (tertiary/aromatic N) is 1. The second-order valence-corrected chi connectivity index (χ2v) is 8.04. The van der Waals surface area contributed by atoms with E-state index in [4.69, 9.17) is 4.74 Å². The Morgan fingerprint density at radius 3 is 2.54 bits per heavy atom. The van der Waals surface area contributed by atoms with E-state index < -0.39 is 10.0 Å². The first-order valence-electron chi connectivity index (χ1n) is 8.15. The van der Waals surface area contributed by atoms with Crippen LogP contribution in [-0.4, -0.2) is 45.9 Å². The van der Waals surface area contributed by atoms with Crippen LogP contribution in [0.15, 0.2) is 23.1 Å². The first-order chi connectivity index (χ1) is 11.2. The average Bonchev–Trinajstić information content (AvgIpc) is 2.54. The molecule has 7 heteroatoms. The molecule has 1 rings (SSSR count). The number of hydrogen-bond acceptors (Lipinski definition) is 4. The minimum atomic E-state index is -3.82. The number of ether oxygens (including phenoxy) is 1. The number of hydrogen-bond donors (Lipinski definition) is 1. The van der Waals surface area contributed by atoms with Crippen molar-refractivity contribution in [1.82, 2.24) is 9.62 Å². The van der Waals surface area contributed by atoms with Crippen LogP contribution in [0.25, 0.3) is 0 Å². The molecule has 24 heavy (non-hydrogen) atoms. The number of benzene rings is 1. The number of sulfonamides is 1. The molecule has 0 aliphatic rings. The fraction of sp³-hybridized carbons (Fsp3) is 0.588. The monoisotopic (exact) mass is 356 g/mol. The average molecular weight is 356 g/mol. The van der Waals surface area contributed by atoms with Gasteiger partial charge in [0.05, 0.1) is 13.7 Å². The molecule has 1 aromatic carbocycles. The van der Waals surface area contributed by atoms with Crippen molar-refractivity contribution in [2.24, 2.45) is 0 Å². The van der Waals surface area contributed by atoms with Crippen LogP contribution in [0.2, 0.25) is 0 Å². The number of amides is 1. The smallest absolute Gasteiger partial charge is 0.246 e. The highest BCUT2D eigenvalue weighted by atomic mass is 32.2. The molecule has 1 N–H and O–H groups in total. The Kier molecular flexibility index (Phi) is 7.69. The summed E-state index contributed by atoms with van der Waals surface area (Å²) in [5, 5.41) is 2.72. The maximum Gasteiger partial charge on any atom is 0.246 e. The van der Waals surface area contributed by atoms with E-state index in [2.05, 4.69) is 5.32 Å². The van der Waals surface area contributed by atoms with Gasteiger partial charge in [0.2, 0.25) is 15.9 Å². The molecule has 0 saturated carbocycles. The van der Waals surface area contributed by atoms with Crippen LogP contribution in [0.3, 0.4) is 0 Å². The maximum atomic E-state index is 12.8. The van der Waals surface area contributed by atoms with Crippen LogP contribution >= 0.6 is 0 Å². The van der Waals surface area contributed by atoms with Crippen LogP contribution in [-0.2, 0) is 14.8 Å². The number of carbonyl (C=O) groups is 1. The molecule has 1 amide bonds. The summed E-state index contributed by atoms with van der Waals surface area (Å²) in [7, 11) is -0.985. The van der Waals surface area contributed by atoms with E-state index in [0.29, 0.717) is 6.54 Å². The highest BCUT2D eigenvalue weighted by Gasteiger charge is 2.27. The van der Waals surface area contributed by atoms with Gasteiger partial charge in [-0.1, -0.05) is 33.3 Å². The molecule has 0 aliphatic heterocycles. The number of unbranched alkanes of at least 4 members (excludes halogenated alkanes) is 1. The van der Waals surface area contributed by atoms with Gasteiger partial charge in [-0.3, -0.25) is 4.79 Å². The van der Waals surface area contributed by atoms with Crippen molar-refractivity contribution < 1.29 is 17.9 Å². The number of carbonyl (C=O) groups excluding carboxylic acids is 1. The van der Waals surface area contributed by atoms with E-state index in [1.807, 2.05) is 26.8 Å². The molecule has 6 nitrogen and oxygen atoms in total. The molecule has 1 aromatic rings. The van der Waals surface area contributed by atoms with Crippen LogP contribution in [0.1, 0.15) is 45.1 Å². The summed E-state index contributed by atoms with van der Waals surface area (Å²) in [4.78, 5) is 12.0. The van der Waals surface area contributed by atoms with Gasteiger partial charge in [-0.25, -0.2) is 8.42 Å². The van der Waals surface area contributed by atoms with Crippen molar-refractivity contribution in [2.75, 3.05) is 27.2 Å². The van der Waals surface area contributed by atoms with Crippen molar-refractivity contribution in [2.45, 2.75) is 44.4 Å². The molecule has 0 aliphatic carbocycles. The van der Waals surface area contributed by atoms with Gasteiger partial charge in [0.1, 0.15) is 10.6 Å². The van der Waals surface area contributed by atoms with Gasteiger partial charge in [0.25, 0.3) is 0 Å². The third kappa shape index (κ3) is 5.21. The Labute approximate surface area is 145 Å². The second-order valence-electron chi connectivity index (χ2n) is 6.03. The molecule has 0 unspecified atom stereocenters. The first kappa shape index (κ1) is 20.4. The van der Waals surface area contributed by atoms with Gasteiger partial charge in [0.15, 0.2) is 0 Å². The minimum Gasteiger partial charge on any atom is -0.495 e. The van der Waals surface area contributed by atoms with E-state index in [0.717, 1.165) is 22.7 Å². The van der Waals surface area contributed by atoms with Crippen molar-refractivity contribution in [3.63, 3.8) is 0 Å². The third-order valence-corrected chi connectivity index (χ3v) is 5.59. The third-order valence-electron chi connectivity index (χ3n) is 3.76. The van der Waals surface area contributed by atoms with E-state index in [9.17, 15) is 13.2 Å². The lowest BCUT2D eigenvalue weighted by molar-refractivity contribution is -0.121. The van der Waals surface area contributed by atoms with E-state index in [1.165, 1.54) is 14.2 Å². The zero-order valence-corrected chi connectivity index (χ0v) is 15.9. The lowest BCUT2D eigenvalue weighted by Gasteiger charge is -2.19. The van der Waals surface area contributed by atoms with Crippen molar-refractivity contribution in [3.8, 4) is 5.75 Å². The lowest BCUT2D eigenvalue weighted by atomic mass is 10.0. The Balaban J connectivity index is 3.01. The Morgan fingerprint density at radius 2 is 2.00 bits per heavy atom. The fourth-order valence-corrected chi connectivity index (χ4v) is 3.48. The predicted molar refractivity (Wildman–Crippen MR) is 94.8 cm³/mol.